The topological polar surface area (TPSA) is 29.5 Å². The molecule has 0 aliphatic rings. The van der Waals surface area contributed by atoms with E-state index in [9.17, 15) is 4.79 Å². The van der Waals surface area contributed by atoms with Gasteiger partial charge in [-0.2, -0.15) is 0 Å². The third-order valence-corrected chi connectivity index (χ3v) is 2.36. The fraction of sp³-hybridized carbons (Fsp3) is 0.909. The Kier molecular flexibility index (Phi) is 6.75. The van der Waals surface area contributed by atoms with Crippen molar-refractivity contribution in [3.63, 3.8) is 0 Å². The van der Waals surface area contributed by atoms with Gasteiger partial charge in [0.1, 0.15) is 6.61 Å². The maximum atomic E-state index is 11.2. The van der Waals surface area contributed by atoms with Crippen molar-refractivity contribution < 1.29 is 9.53 Å². The van der Waals surface area contributed by atoms with Gasteiger partial charge in [-0.3, -0.25) is 4.79 Å². The second-order valence-corrected chi connectivity index (χ2v) is 4.25. The van der Waals surface area contributed by atoms with Gasteiger partial charge >= 0.3 is 0 Å². The number of ether oxygens (including phenoxy) is 1. The Hall–Kier alpha value is -0.410. The van der Waals surface area contributed by atoms with Crippen LogP contribution in [0.3, 0.4) is 0 Å². The summed E-state index contributed by atoms with van der Waals surface area (Å²) in [5.41, 5.74) is 0. The standard InChI is InChI=1S/C11H23NO2/c1-9(2)11(13)8-14-7-6-12(5)10(3)4/h9-10H,6-8H2,1-5H3. The van der Waals surface area contributed by atoms with E-state index in [2.05, 4.69) is 25.8 Å². The third kappa shape index (κ3) is 6.11. The van der Waals surface area contributed by atoms with Crippen molar-refractivity contribution in [1.82, 2.24) is 4.90 Å². The number of ketones is 1. The summed E-state index contributed by atoms with van der Waals surface area (Å²) in [7, 11) is 2.05. The lowest BCUT2D eigenvalue weighted by atomic mass is 10.1. The largest absolute Gasteiger partial charge is 0.372 e. The van der Waals surface area contributed by atoms with E-state index in [1.165, 1.54) is 0 Å². The predicted octanol–water partition coefficient (Wildman–Crippen LogP) is 1.57. The highest BCUT2D eigenvalue weighted by Gasteiger charge is 2.07. The summed E-state index contributed by atoms with van der Waals surface area (Å²) in [5.74, 6) is 0.259. The molecule has 0 fully saturated rings. The first kappa shape index (κ1) is 13.6. The minimum atomic E-state index is 0.0813. The number of likely N-dealkylation sites (N-methyl/N-ethyl adjacent to an activating group) is 1. The van der Waals surface area contributed by atoms with E-state index >= 15 is 0 Å². The number of rotatable bonds is 7. The molecule has 84 valence electrons. The highest BCUT2D eigenvalue weighted by atomic mass is 16.5. The number of nitrogens with zero attached hydrogens (tertiary/aromatic N) is 1. The monoisotopic (exact) mass is 201 g/mol. The lowest BCUT2D eigenvalue weighted by molar-refractivity contribution is -0.126. The summed E-state index contributed by atoms with van der Waals surface area (Å²) in [6.07, 6.45) is 0. The lowest BCUT2D eigenvalue weighted by Gasteiger charge is -2.20. The van der Waals surface area contributed by atoms with Crippen molar-refractivity contribution in [2.45, 2.75) is 33.7 Å². The maximum Gasteiger partial charge on any atom is 0.160 e. The Morgan fingerprint density at radius 1 is 1.29 bits per heavy atom. The SMILES string of the molecule is CC(C)C(=O)COCCN(C)C(C)C. The molecular weight excluding hydrogens is 178 g/mol. The smallest absolute Gasteiger partial charge is 0.160 e. The van der Waals surface area contributed by atoms with Crippen molar-refractivity contribution in [3.05, 3.63) is 0 Å². The van der Waals surface area contributed by atoms with Crippen LogP contribution in [0.1, 0.15) is 27.7 Å². The molecule has 0 saturated heterocycles. The molecule has 0 rings (SSSR count). The molecule has 0 bridgehead atoms. The van der Waals surface area contributed by atoms with Crippen LogP contribution in [0.15, 0.2) is 0 Å². The number of Topliss-reactive ketones (excluding diaryl/α,β-unsaturated/α-hetero) is 1. The Labute approximate surface area is 87.4 Å². The molecule has 3 heteroatoms. The third-order valence-electron chi connectivity index (χ3n) is 2.36. The van der Waals surface area contributed by atoms with Crippen LogP contribution in [0.25, 0.3) is 0 Å². The number of carbonyl (C=O) groups is 1. The van der Waals surface area contributed by atoms with Crippen molar-refractivity contribution in [2.24, 2.45) is 5.92 Å². The summed E-state index contributed by atoms with van der Waals surface area (Å²) >= 11 is 0. The Bertz CT molecular complexity index is 167. The van der Waals surface area contributed by atoms with E-state index in [4.69, 9.17) is 4.74 Å². The lowest BCUT2D eigenvalue weighted by Crippen LogP contribution is -2.30. The Morgan fingerprint density at radius 3 is 2.29 bits per heavy atom. The minimum Gasteiger partial charge on any atom is -0.372 e. The van der Waals surface area contributed by atoms with Crippen molar-refractivity contribution in [3.8, 4) is 0 Å². The quantitative estimate of drug-likeness (QED) is 0.586. The minimum absolute atomic E-state index is 0.0813. The number of carbonyl (C=O) groups excluding carboxylic acids is 1. The second-order valence-electron chi connectivity index (χ2n) is 4.25. The molecule has 0 aliphatic heterocycles. The molecule has 0 aliphatic carbocycles. The molecule has 0 N–H and O–H groups in total. The Morgan fingerprint density at radius 2 is 1.86 bits per heavy atom. The van der Waals surface area contributed by atoms with E-state index in [0.717, 1.165) is 6.54 Å². The molecule has 0 aromatic rings. The maximum absolute atomic E-state index is 11.2. The van der Waals surface area contributed by atoms with Crippen LogP contribution < -0.4 is 0 Å². The number of hydrogen-bond donors (Lipinski definition) is 0. The summed E-state index contributed by atoms with van der Waals surface area (Å²) in [6.45, 7) is 9.83. The average Bonchev–Trinajstić information content (AvgIpc) is 2.11. The van der Waals surface area contributed by atoms with Crippen LogP contribution in [-0.4, -0.2) is 43.5 Å². The van der Waals surface area contributed by atoms with Crippen LogP contribution in [-0.2, 0) is 9.53 Å². The van der Waals surface area contributed by atoms with Crippen LogP contribution >= 0.6 is 0 Å². The molecule has 3 nitrogen and oxygen atoms in total. The van der Waals surface area contributed by atoms with Crippen molar-refractivity contribution in [1.29, 1.82) is 0 Å². The van der Waals surface area contributed by atoms with E-state index in [0.29, 0.717) is 12.6 Å². The van der Waals surface area contributed by atoms with Gasteiger partial charge in [0.15, 0.2) is 5.78 Å². The van der Waals surface area contributed by atoms with Crippen LogP contribution in [0.4, 0.5) is 0 Å². The molecule has 0 aromatic heterocycles. The summed E-state index contributed by atoms with van der Waals surface area (Å²) in [5, 5.41) is 0. The van der Waals surface area contributed by atoms with E-state index in [1.807, 2.05) is 13.8 Å². The summed E-state index contributed by atoms with van der Waals surface area (Å²) in [6, 6.07) is 0.527. The van der Waals surface area contributed by atoms with Gasteiger partial charge in [0.05, 0.1) is 6.61 Å². The first-order valence-corrected chi connectivity index (χ1v) is 5.25. The van der Waals surface area contributed by atoms with E-state index in [1.54, 1.807) is 0 Å². The average molecular weight is 201 g/mol. The van der Waals surface area contributed by atoms with E-state index < -0.39 is 0 Å². The first-order valence-electron chi connectivity index (χ1n) is 5.25. The molecule has 0 aromatic carbocycles. The molecule has 0 atom stereocenters. The molecule has 0 heterocycles. The van der Waals surface area contributed by atoms with Crippen molar-refractivity contribution in [2.75, 3.05) is 26.8 Å². The first-order chi connectivity index (χ1) is 6.45. The Balaban J connectivity index is 3.43. The predicted molar refractivity (Wildman–Crippen MR) is 58.4 cm³/mol. The normalized spacial score (nSPS) is 11.7. The van der Waals surface area contributed by atoms with Gasteiger partial charge in [-0.1, -0.05) is 13.8 Å². The van der Waals surface area contributed by atoms with Gasteiger partial charge in [-0.25, -0.2) is 0 Å². The zero-order chi connectivity index (χ0) is 11.1. The van der Waals surface area contributed by atoms with Gasteiger partial charge in [-0.15, -0.1) is 0 Å². The van der Waals surface area contributed by atoms with Gasteiger partial charge in [0, 0.05) is 18.5 Å². The van der Waals surface area contributed by atoms with E-state index in [-0.39, 0.29) is 18.3 Å². The van der Waals surface area contributed by atoms with Crippen LogP contribution in [0.5, 0.6) is 0 Å². The molecule has 0 spiro atoms. The van der Waals surface area contributed by atoms with Crippen molar-refractivity contribution >= 4 is 5.78 Å². The highest BCUT2D eigenvalue weighted by molar-refractivity contribution is 5.81. The zero-order valence-corrected chi connectivity index (χ0v) is 10.0. The molecule has 0 amide bonds. The summed E-state index contributed by atoms with van der Waals surface area (Å²) in [4.78, 5) is 13.4. The second kappa shape index (κ2) is 6.96. The van der Waals surface area contributed by atoms with Gasteiger partial charge in [0.25, 0.3) is 0 Å². The van der Waals surface area contributed by atoms with Gasteiger partial charge < -0.3 is 9.64 Å². The van der Waals surface area contributed by atoms with Crippen LogP contribution in [0, 0.1) is 5.92 Å². The van der Waals surface area contributed by atoms with Crippen LogP contribution in [0.2, 0.25) is 0 Å². The number of hydrogen-bond acceptors (Lipinski definition) is 3. The molecule has 14 heavy (non-hydrogen) atoms. The summed E-state index contributed by atoms with van der Waals surface area (Å²) < 4.78 is 5.29. The fourth-order valence-corrected chi connectivity index (χ4v) is 0.806. The zero-order valence-electron chi connectivity index (χ0n) is 10.0. The molecule has 0 radical (unpaired) electrons. The highest BCUT2D eigenvalue weighted by Crippen LogP contribution is 1.96. The van der Waals surface area contributed by atoms with Gasteiger partial charge in [0.2, 0.25) is 0 Å². The molecule has 0 saturated carbocycles. The molecule has 0 unspecified atom stereocenters. The van der Waals surface area contributed by atoms with Gasteiger partial charge in [-0.05, 0) is 20.9 Å². The molecular formula is C11H23NO2. The fourth-order valence-electron chi connectivity index (χ4n) is 0.806.